The monoisotopic (exact) mass is 890 g/mol. The quantitative estimate of drug-likeness (QED) is 0.135. The van der Waals surface area contributed by atoms with Crippen LogP contribution in [0.15, 0.2) is 68.8 Å². The number of rotatable bonds is 9. The predicted octanol–water partition coefficient (Wildman–Crippen LogP) is 13.3. The highest BCUT2D eigenvalue weighted by molar-refractivity contribution is 7.14. The van der Waals surface area contributed by atoms with Crippen LogP contribution in [0.5, 0.6) is 0 Å². The van der Waals surface area contributed by atoms with Crippen LogP contribution >= 0.6 is 22.7 Å². The molecule has 0 aliphatic heterocycles. The molecule has 0 aromatic carbocycles. The van der Waals surface area contributed by atoms with Gasteiger partial charge in [-0.1, -0.05) is 105 Å². The third-order valence-electron chi connectivity index (χ3n) is 8.83. The highest BCUT2D eigenvalue weighted by atomic mass is 32.1. The molecule has 0 N–H and O–H groups in total. The number of pyridine rings is 1. The summed E-state index contributed by atoms with van der Waals surface area (Å²) in [5, 5.41) is 23.2. The minimum Gasteiger partial charge on any atom is -0.446 e. The third kappa shape index (κ3) is 19.0. The highest BCUT2D eigenvalue weighted by Crippen LogP contribution is 2.27. The van der Waals surface area contributed by atoms with Crippen LogP contribution < -0.4 is 0 Å². The Morgan fingerprint density at radius 1 is 0.694 bits per heavy atom. The minimum atomic E-state index is 0.396. The van der Waals surface area contributed by atoms with Crippen LogP contribution in [0, 0.1) is 27.7 Å². The lowest BCUT2D eigenvalue weighted by molar-refractivity contribution is 0.177. The topological polar surface area (TPSA) is 157 Å². The van der Waals surface area contributed by atoms with Crippen molar-refractivity contribution in [1.82, 2.24) is 45.2 Å². The van der Waals surface area contributed by atoms with Crippen molar-refractivity contribution in [3.05, 3.63) is 116 Å². The number of methoxy groups -OCH3 is 1. The maximum Gasteiger partial charge on any atom is 0.191 e. The van der Waals surface area contributed by atoms with Gasteiger partial charge in [-0.2, -0.15) is 5.10 Å². The number of ether oxygens (including phenoxy) is 1. The number of hydrogen-bond acceptors (Lipinski definition) is 14. The zero-order valence-electron chi connectivity index (χ0n) is 40.3. The first-order chi connectivity index (χ1) is 29.2. The summed E-state index contributed by atoms with van der Waals surface area (Å²) in [5.41, 5.74) is 5.44. The van der Waals surface area contributed by atoms with Gasteiger partial charge in [-0.25, -0.2) is 9.97 Å². The van der Waals surface area contributed by atoms with Gasteiger partial charge in [-0.3, -0.25) is 9.67 Å². The highest BCUT2D eigenvalue weighted by Gasteiger charge is 2.11. The molecule has 0 fully saturated rings. The van der Waals surface area contributed by atoms with Gasteiger partial charge < -0.3 is 18.2 Å². The molecule has 0 radical (unpaired) electrons. The molecule has 0 unspecified atom stereocenters. The van der Waals surface area contributed by atoms with Crippen LogP contribution in [-0.2, 0) is 18.4 Å². The molecule has 0 atom stereocenters. The second-order valence-electron chi connectivity index (χ2n) is 16.5. The van der Waals surface area contributed by atoms with Crippen molar-refractivity contribution in [3.8, 4) is 10.6 Å². The molecule has 0 aliphatic rings. The van der Waals surface area contributed by atoms with E-state index in [2.05, 4.69) is 124 Å². The van der Waals surface area contributed by atoms with E-state index in [1.807, 2.05) is 76.2 Å². The Balaban J connectivity index is 0.000000258. The van der Waals surface area contributed by atoms with Crippen LogP contribution in [0.1, 0.15) is 179 Å². The number of thiazole rings is 1. The number of aryl methyl sites for hydroxylation is 4. The molecule has 7 aromatic rings. The molecule has 13 nitrogen and oxygen atoms in total. The zero-order valence-corrected chi connectivity index (χ0v) is 42.0. The van der Waals surface area contributed by atoms with Gasteiger partial charge in [0.15, 0.2) is 5.89 Å². The van der Waals surface area contributed by atoms with Crippen molar-refractivity contribution < 1.29 is 18.2 Å². The number of aromatic nitrogens is 9. The lowest BCUT2D eigenvalue weighted by Gasteiger charge is -1.97. The van der Waals surface area contributed by atoms with Gasteiger partial charge in [0.25, 0.3) is 0 Å². The summed E-state index contributed by atoms with van der Waals surface area (Å²) >= 11 is 3.43. The zero-order chi connectivity index (χ0) is 46.5. The van der Waals surface area contributed by atoms with Gasteiger partial charge in [0, 0.05) is 91.6 Å². The van der Waals surface area contributed by atoms with E-state index in [1.165, 1.54) is 21.0 Å². The molecule has 62 heavy (non-hydrogen) atoms. The van der Waals surface area contributed by atoms with Gasteiger partial charge in [0.1, 0.15) is 33.0 Å². The van der Waals surface area contributed by atoms with Crippen LogP contribution in [0.25, 0.3) is 10.6 Å². The SMILES string of the molecule is CC(C)c1cnn(C)c1.CC(C)c1nnc(-c2ccncc2)s1.COCc1cc(C(C)C)on1.Cc1ncc(C(C)C)o1.Cc1ncc(C(C)C)s1.Cc1noc(C(C)C)c1C. The van der Waals surface area contributed by atoms with Crippen molar-refractivity contribution >= 4 is 22.7 Å². The molecule has 0 aliphatic carbocycles. The average Bonchev–Trinajstić information content (AvgIpc) is 4.08. The minimum absolute atomic E-state index is 0.396. The number of nitrogens with zero attached hydrogens (tertiary/aromatic N) is 9. The molecule has 7 heterocycles. The van der Waals surface area contributed by atoms with E-state index in [0.717, 1.165) is 50.1 Å². The van der Waals surface area contributed by atoms with Crippen molar-refractivity contribution in [1.29, 1.82) is 0 Å². The maximum absolute atomic E-state index is 5.23. The molecule has 0 saturated carbocycles. The molecule has 7 aromatic heterocycles. The fourth-order valence-corrected chi connectivity index (χ4v) is 6.53. The van der Waals surface area contributed by atoms with E-state index in [9.17, 15) is 0 Å². The van der Waals surface area contributed by atoms with Crippen molar-refractivity contribution in [2.75, 3.05) is 7.11 Å². The molecule has 0 amide bonds. The van der Waals surface area contributed by atoms with E-state index < -0.39 is 0 Å². The predicted molar refractivity (Wildman–Crippen MR) is 252 cm³/mol. The van der Waals surface area contributed by atoms with E-state index >= 15 is 0 Å². The second kappa shape index (κ2) is 27.3. The largest absolute Gasteiger partial charge is 0.446 e. The maximum atomic E-state index is 5.23. The molecular formula is C47H71N9O4S2. The van der Waals surface area contributed by atoms with Gasteiger partial charge >= 0.3 is 0 Å². The molecule has 7 rings (SSSR count). The van der Waals surface area contributed by atoms with Crippen LogP contribution in [0.2, 0.25) is 0 Å². The smallest absolute Gasteiger partial charge is 0.191 e. The lowest BCUT2D eigenvalue weighted by Crippen LogP contribution is -1.86. The van der Waals surface area contributed by atoms with Crippen molar-refractivity contribution in [2.45, 2.75) is 153 Å². The van der Waals surface area contributed by atoms with Crippen LogP contribution in [0.4, 0.5) is 0 Å². The number of hydrogen-bond donors (Lipinski definition) is 0. The Morgan fingerprint density at radius 3 is 1.69 bits per heavy atom. The normalized spacial score (nSPS) is 10.8. The Kier molecular flexibility index (Phi) is 23.4. The van der Waals surface area contributed by atoms with Gasteiger partial charge in [0.05, 0.1) is 29.7 Å². The fraction of sp³-hybridized carbons (Fsp3) is 0.532. The third-order valence-corrected chi connectivity index (χ3v) is 11.3. The summed E-state index contributed by atoms with van der Waals surface area (Å²) in [4.78, 5) is 13.5. The van der Waals surface area contributed by atoms with Gasteiger partial charge in [-0.15, -0.1) is 21.5 Å². The molecule has 15 heteroatoms. The Bertz CT molecular complexity index is 2120. The van der Waals surface area contributed by atoms with E-state index in [1.54, 1.807) is 48.4 Å². The summed E-state index contributed by atoms with van der Waals surface area (Å²) in [6, 6.07) is 5.82. The standard InChI is InChI=1S/C10H11N3S.C8H13NO2.C8H13NO.C7H12N2.C7H11NO.C7H11NS/c1-7(2)9-12-13-10(14-9)8-3-5-11-6-4-8;1-6(2)8-4-7(5-10-3)9-11-8;1-5(2)8-6(3)7(4)9-10-8;1-6(2)7-4-8-9(3)5-7;2*1-5(2)7-4-8-6(3)9-7/h3-7H,1-2H3;4,6H,5H2,1-3H3;5H,1-4H3;4-6H,1-3H3;2*4-5H,1-3H3. The molecule has 340 valence electrons. The van der Waals surface area contributed by atoms with E-state index in [-0.39, 0.29) is 0 Å². The van der Waals surface area contributed by atoms with Gasteiger partial charge in [-0.05, 0) is 50.3 Å². The Labute approximate surface area is 378 Å². The summed E-state index contributed by atoms with van der Waals surface area (Å²) in [6.07, 6.45) is 11.2. The van der Waals surface area contributed by atoms with E-state index in [0.29, 0.717) is 42.1 Å². The summed E-state index contributed by atoms with van der Waals surface area (Å²) < 4.78 is 22.1. The van der Waals surface area contributed by atoms with E-state index in [4.69, 9.17) is 18.2 Å². The summed E-state index contributed by atoms with van der Waals surface area (Å²) in [6.45, 7) is 33.9. The van der Waals surface area contributed by atoms with Crippen LogP contribution in [-0.4, -0.2) is 52.4 Å². The first-order valence-electron chi connectivity index (χ1n) is 21.2. The number of oxazole rings is 1. The Morgan fingerprint density at radius 2 is 1.35 bits per heavy atom. The summed E-state index contributed by atoms with van der Waals surface area (Å²) in [5.74, 6) is 6.61. The summed E-state index contributed by atoms with van der Waals surface area (Å²) in [7, 11) is 3.58. The molecule has 0 spiro atoms. The lowest BCUT2D eigenvalue weighted by atomic mass is 10.1. The Hall–Kier alpha value is -4.86. The van der Waals surface area contributed by atoms with Gasteiger partial charge in [0.2, 0.25) is 0 Å². The fourth-order valence-electron chi connectivity index (χ4n) is 4.89. The van der Waals surface area contributed by atoms with Crippen LogP contribution in [0.3, 0.4) is 0 Å². The molecule has 0 saturated heterocycles. The molecular weight excluding hydrogens is 819 g/mol. The second-order valence-corrected chi connectivity index (χ2v) is 18.8. The van der Waals surface area contributed by atoms with Crippen molar-refractivity contribution in [3.63, 3.8) is 0 Å². The molecule has 0 bridgehead atoms. The van der Waals surface area contributed by atoms with Crippen molar-refractivity contribution in [2.24, 2.45) is 7.05 Å². The first kappa shape index (κ1) is 53.3. The first-order valence-corrected chi connectivity index (χ1v) is 22.8. The average molecular weight is 890 g/mol.